The van der Waals surface area contributed by atoms with Crippen molar-refractivity contribution >= 4 is 10.0 Å². The second-order valence-electron chi connectivity index (χ2n) is 4.28. The lowest BCUT2D eigenvalue weighted by atomic mass is 10.2. The Morgan fingerprint density at radius 3 is 2.85 bits per heavy atom. The minimum absolute atomic E-state index is 0.137. The zero-order chi connectivity index (χ0) is 14.8. The Balaban J connectivity index is 2.33. The van der Waals surface area contributed by atoms with E-state index in [9.17, 15) is 12.8 Å². The number of aromatic amines is 1. The van der Waals surface area contributed by atoms with E-state index in [0.717, 1.165) is 12.1 Å². The molecule has 1 heterocycles. The number of rotatable bonds is 5. The van der Waals surface area contributed by atoms with E-state index in [1.807, 2.05) is 0 Å². The summed E-state index contributed by atoms with van der Waals surface area (Å²) >= 11 is 0. The van der Waals surface area contributed by atoms with E-state index in [0.29, 0.717) is 5.56 Å². The van der Waals surface area contributed by atoms with Crippen LogP contribution in [-0.2, 0) is 16.6 Å². The molecule has 0 saturated heterocycles. The monoisotopic (exact) mass is 299 g/mol. The van der Waals surface area contributed by atoms with Crippen LogP contribution in [0.4, 0.5) is 4.39 Å². The minimum atomic E-state index is -3.94. The van der Waals surface area contributed by atoms with Crippen molar-refractivity contribution in [3.8, 4) is 0 Å². The maximum atomic E-state index is 13.2. The van der Waals surface area contributed by atoms with Crippen LogP contribution in [0.15, 0.2) is 35.5 Å². The number of aromatic nitrogens is 2. The van der Waals surface area contributed by atoms with E-state index in [1.54, 1.807) is 13.1 Å². The number of hydrogen-bond acceptors (Lipinski definition) is 4. The molecule has 0 aliphatic heterocycles. The zero-order valence-electron chi connectivity index (χ0n) is 10.7. The van der Waals surface area contributed by atoms with Gasteiger partial charge in [0.1, 0.15) is 5.82 Å². The van der Waals surface area contributed by atoms with Crippen molar-refractivity contribution in [3.05, 3.63) is 47.5 Å². The highest BCUT2D eigenvalue weighted by Gasteiger charge is 2.22. The van der Waals surface area contributed by atoms with E-state index < -0.39 is 28.5 Å². The van der Waals surface area contributed by atoms with Gasteiger partial charge in [-0.15, -0.1) is 0 Å². The molecule has 1 aromatic carbocycles. The van der Waals surface area contributed by atoms with Gasteiger partial charge in [0.05, 0.1) is 17.7 Å². The Labute approximate surface area is 115 Å². The fraction of sp³-hybridized carbons (Fsp3) is 0.250. The predicted octanol–water partition coefficient (Wildman–Crippen LogP) is 1.08. The summed E-state index contributed by atoms with van der Waals surface area (Å²) < 4.78 is 40.1. The maximum absolute atomic E-state index is 13.2. The lowest BCUT2D eigenvalue weighted by Crippen LogP contribution is -2.27. The van der Waals surface area contributed by atoms with Crippen LogP contribution in [0.25, 0.3) is 0 Å². The molecular formula is C12H14FN3O3S. The Kier molecular flexibility index (Phi) is 4.17. The van der Waals surface area contributed by atoms with Gasteiger partial charge < -0.3 is 5.11 Å². The molecule has 0 fully saturated rings. The normalized spacial score (nSPS) is 13.3. The van der Waals surface area contributed by atoms with E-state index in [4.69, 9.17) is 5.11 Å². The van der Waals surface area contributed by atoms with Crippen molar-refractivity contribution in [3.63, 3.8) is 0 Å². The van der Waals surface area contributed by atoms with Gasteiger partial charge in [0.25, 0.3) is 0 Å². The van der Waals surface area contributed by atoms with E-state index in [-0.39, 0.29) is 10.5 Å². The molecule has 2 rings (SSSR count). The van der Waals surface area contributed by atoms with Crippen molar-refractivity contribution in [2.45, 2.75) is 24.5 Å². The first kappa shape index (κ1) is 14.6. The first-order valence-corrected chi connectivity index (χ1v) is 7.32. The van der Waals surface area contributed by atoms with Crippen molar-refractivity contribution in [1.29, 1.82) is 0 Å². The average Bonchev–Trinajstić information content (AvgIpc) is 2.92. The van der Waals surface area contributed by atoms with Crippen LogP contribution in [-0.4, -0.2) is 23.7 Å². The number of aliphatic hydroxyl groups is 1. The quantitative estimate of drug-likeness (QED) is 0.770. The van der Waals surface area contributed by atoms with Crippen molar-refractivity contribution in [2.24, 2.45) is 0 Å². The molecule has 0 spiro atoms. The van der Waals surface area contributed by atoms with Crippen molar-refractivity contribution in [1.82, 2.24) is 14.9 Å². The fourth-order valence-electron chi connectivity index (χ4n) is 1.77. The summed E-state index contributed by atoms with van der Waals surface area (Å²) in [6, 6.07) is 2.69. The van der Waals surface area contributed by atoms with Gasteiger partial charge >= 0.3 is 0 Å². The van der Waals surface area contributed by atoms with Crippen LogP contribution < -0.4 is 4.72 Å². The molecule has 0 amide bonds. The highest BCUT2D eigenvalue weighted by molar-refractivity contribution is 7.89. The molecule has 1 atom stereocenters. The molecule has 2 aromatic rings. The summed E-state index contributed by atoms with van der Waals surface area (Å²) in [5, 5.41) is 15.5. The Morgan fingerprint density at radius 1 is 1.50 bits per heavy atom. The zero-order valence-corrected chi connectivity index (χ0v) is 11.5. The number of sulfonamides is 1. The van der Waals surface area contributed by atoms with Gasteiger partial charge in [-0.1, -0.05) is 6.07 Å². The fourth-order valence-corrected chi connectivity index (χ4v) is 3.25. The molecule has 3 N–H and O–H groups in total. The van der Waals surface area contributed by atoms with Gasteiger partial charge in [-0.25, -0.2) is 17.5 Å². The van der Waals surface area contributed by atoms with Crippen molar-refractivity contribution in [2.75, 3.05) is 0 Å². The number of hydrogen-bond donors (Lipinski definition) is 3. The molecule has 0 aliphatic carbocycles. The van der Waals surface area contributed by atoms with Crippen LogP contribution in [0.5, 0.6) is 0 Å². The van der Waals surface area contributed by atoms with Crippen LogP contribution in [0.3, 0.4) is 0 Å². The number of aliphatic hydroxyl groups excluding tert-OH is 1. The van der Waals surface area contributed by atoms with Crippen LogP contribution in [0.2, 0.25) is 0 Å². The van der Waals surface area contributed by atoms with Gasteiger partial charge in [-0.3, -0.25) is 5.10 Å². The topological polar surface area (TPSA) is 95.1 Å². The van der Waals surface area contributed by atoms with Gasteiger partial charge in [0, 0.05) is 17.8 Å². The third kappa shape index (κ3) is 3.03. The third-order valence-corrected chi connectivity index (χ3v) is 4.46. The molecule has 0 saturated carbocycles. The Morgan fingerprint density at radius 2 is 2.25 bits per heavy atom. The average molecular weight is 299 g/mol. The summed E-state index contributed by atoms with van der Waals surface area (Å²) in [6.07, 6.45) is 3.05. The number of halogens is 1. The molecule has 0 aliphatic rings. The van der Waals surface area contributed by atoms with Gasteiger partial charge in [0.15, 0.2) is 0 Å². The maximum Gasteiger partial charge on any atom is 0.241 e. The molecule has 6 nitrogen and oxygen atoms in total. The lowest BCUT2D eigenvalue weighted by molar-refractivity contribution is 0.278. The second kappa shape index (κ2) is 5.70. The Bertz CT molecular complexity index is 686. The number of H-pyrrole nitrogens is 1. The molecular weight excluding hydrogens is 285 g/mol. The summed E-state index contributed by atoms with van der Waals surface area (Å²) in [7, 11) is -3.94. The largest absolute Gasteiger partial charge is 0.392 e. The van der Waals surface area contributed by atoms with Gasteiger partial charge in [0.2, 0.25) is 10.0 Å². The van der Waals surface area contributed by atoms with E-state index in [2.05, 4.69) is 14.9 Å². The summed E-state index contributed by atoms with van der Waals surface area (Å²) in [6.45, 7) is 1.15. The first-order valence-electron chi connectivity index (χ1n) is 5.84. The molecule has 1 unspecified atom stereocenters. The SMILES string of the molecule is CC(NS(=O)(=O)c1cc(F)ccc1CO)c1cn[nH]c1. The predicted molar refractivity (Wildman–Crippen MR) is 69.6 cm³/mol. The minimum Gasteiger partial charge on any atom is -0.392 e. The summed E-state index contributed by atoms with van der Waals surface area (Å²) in [5.41, 5.74) is 0.786. The lowest BCUT2D eigenvalue weighted by Gasteiger charge is -2.14. The molecule has 20 heavy (non-hydrogen) atoms. The molecule has 8 heteroatoms. The second-order valence-corrected chi connectivity index (χ2v) is 5.97. The molecule has 0 radical (unpaired) electrons. The third-order valence-electron chi connectivity index (χ3n) is 2.84. The van der Waals surface area contributed by atoms with E-state index in [1.165, 1.54) is 12.3 Å². The summed E-state index contributed by atoms with van der Waals surface area (Å²) in [5.74, 6) is -0.682. The van der Waals surface area contributed by atoms with Crippen LogP contribution >= 0.6 is 0 Å². The Hall–Kier alpha value is -1.77. The van der Waals surface area contributed by atoms with Crippen LogP contribution in [0, 0.1) is 5.82 Å². The number of benzene rings is 1. The highest BCUT2D eigenvalue weighted by atomic mass is 32.2. The summed E-state index contributed by atoms with van der Waals surface area (Å²) in [4.78, 5) is -0.268. The molecule has 108 valence electrons. The molecule has 1 aromatic heterocycles. The highest BCUT2D eigenvalue weighted by Crippen LogP contribution is 2.20. The van der Waals surface area contributed by atoms with Gasteiger partial charge in [-0.2, -0.15) is 5.10 Å². The smallest absolute Gasteiger partial charge is 0.241 e. The van der Waals surface area contributed by atoms with Gasteiger partial charge in [-0.05, 0) is 24.6 Å². The van der Waals surface area contributed by atoms with E-state index >= 15 is 0 Å². The number of nitrogens with one attached hydrogen (secondary N) is 2. The standard InChI is InChI=1S/C12H14FN3O3S/c1-8(10-5-14-15-6-10)16-20(18,19)12-4-11(13)3-2-9(12)7-17/h2-6,8,16-17H,7H2,1H3,(H,14,15). The van der Waals surface area contributed by atoms with Crippen LogP contribution in [0.1, 0.15) is 24.1 Å². The number of nitrogens with zero attached hydrogens (tertiary/aromatic N) is 1. The first-order chi connectivity index (χ1) is 9.44. The molecule has 0 bridgehead atoms. The van der Waals surface area contributed by atoms with Crippen molar-refractivity contribution < 1.29 is 17.9 Å².